The summed E-state index contributed by atoms with van der Waals surface area (Å²) in [5.41, 5.74) is 1.21. The molecule has 29 heavy (non-hydrogen) atoms. The SMILES string of the molecule is Cc1ccc(CNC(=O)[C@H]2CC[C@@H](NC(=O)c3ccc(=O)[nH]c3)[C@H](O)C2)cc1F. The van der Waals surface area contributed by atoms with Gasteiger partial charge < -0.3 is 20.7 Å². The zero-order valence-corrected chi connectivity index (χ0v) is 16.1. The van der Waals surface area contributed by atoms with E-state index in [-0.39, 0.29) is 36.2 Å². The smallest absolute Gasteiger partial charge is 0.253 e. The Kier molecular flexibility index (Phi) is 6.43. The number of aliphatic hydroxyl groups is 1. The van der Waals surface area contributed by atoms with Crippen LogP contribution in [0.3, 0.4) is 0 Å². The zero-order valence-electron chi connectivity index (χ0n) is 16.1. The zero-order chi connectivity index (χ0) is 21.0. The number of H-pyrrole nitrogens is 1. The number of carbonyl (C=O) groups excluding carboxylic acids is 2. The molecule has 1 aliphatic rings. The van der Waals surface area contributed by atoms with Crippen LogP contribution in [0.1, 0.15) is 40.7 Å². The van der Waals surface area contributed by atoms with E-state index in [0.717, 1.165) is 0 Å². The number of rotatable bonds is 5. The average molecular weight is 401 g/mol. The topological polar surface area (TPSA) is 111 Å². The van der Waals surface area contributed by atoms with Gasteiger partial charge in [0, 0.05) is 24.7 Å². The second-order valence-corrected chi connectivity index (χ2v) is 7.40. The largest absolute Gasteiger partial charge is 0.391 e. The third kappa shape index (κ3) is 5.29. The fourth-order valence-electron chi connectivity index (χ4n) is 3.44. The number of benzene rings is 1. The molecule has 154 valence electrons. The Morgan fingerprint density at radius 1 is 1.24 bits per heavy atom. The van der Waals surface area contributed by atoms with Crippen molar-refractivity contribution in [3.8, 4) is 0 Å². The minimum Gasteiger partial charge on any atom is -0.391 e. The highest BCUT2D eigenvalue weighted by atomic mass is 19.1. The predicted molar refractivity (Wildman–Crippen MR) is 105 cm³/mol. The minimum atomic E-state index is -0.858. The lowest BCUT2D eigenvalue weighted by molar-refractivity contribution is -0.127. The van der Waals surface area contributed by atoms with E-state index in [9.17, 15) is 23.9 Å². The van der Waals surface area contributed by atoms with Crippen molar-refractivity contribution in [1.82, 2.24) is 15.6 Å². The van der Waals surface area contributed by atoms with E-state index in [1.54, 1.807) is 19.1 Å². The van der Waals surface area contributed by atoms with Gasteiger partial charge in [0.15, 0.2) is 0 Å². The number of hydrogen-bond acceptors (Lipinski definition) is 4. The maximum absolute atomic E-state index is 13.6. The Hall–Kier alpha value is -3.00. The summed E-state index contributed by atoms with van der Waals surface area (Å²) in [6.45, 7) is 1.89. The van der Waals surface area contributed by atoms with Gasteiger partial charge in [-0.2, -0.15) is 0 Å². The van der Waals surface area contributed by atoms with Crippen LogP contribution in [0.15, 0.2) is 41.3 Å². The molecule has 1 saturated carbocycles. The second kappa shape index (κ2) is 9.00. The number of halogens is 1. The fraction of sp³-hybridized carbons (Fsp3) is 0.381. The van der Waals surface area contributed by atoms with Crippen molar-refractivity contribution in [1.29, 1.82) is 0 Å². The Labute approximate surface area is 167 Å². The fourth-order valence-corrected chi connectivity index (χ4v) is 3.44. The summed E-state index contributed by atoms with van der Waals surface area (Å²) in [6.07, 6.45) is 1.65. The van der Waals surface area contributed by atoms with Crippen LogP contribution in [-0.4, -0.2) is 34.1 Å². The van der Waals surface area contributed by atoms with Gasteiger partial charge in [0.25, 0.3) is 5.91 Å². The average Bonchev–Trinajstić information content (AvgIpc) is 2.70. The first kappa shape index (κ1) is 20.7. The van der Waals surface area contributed by atoms with Crippen molar-refractivity contribution >= 4 is 11.8 Å². The van der Waals surface area contributed by atoms with E-state index < -0.39 is 18.1 Å². The van der Waals surface area contributed by atoms with Crippen molar-refractivity contribution in [2.24, 2.45) is 5.92 Å². The van der Waals surface area contributed by atoms with Gasteiger partial charge in [-0.05, 0) is 49.4 Å². The first-order chi connectivity index (χ1) is 13.8. The van der Waals surface area contributed by atoms with Gasteiger partial charge in [-0.3, -0.25) is 14.4 Å². The molecule has 1 aliphatic carbocycles. The number of aryl methyl sites for hydroxylation is 1. The molecule has 0 spiro atoms. The highest BCUT2D eigenvalue weighted by molar-refractivity contribution is 5.94. The molecule has 2 amide bonds. The van der Waals surface area contributed by atoms with Crippen LogP contribution >= 0.6 is 0 Å². The van der Waals surface area contributed by atoms with E-state index in [0.29, 0.717) is 29.5 Å². The van der Waals surface area contributed by atoms with Crippen LogP contribution < -0.4 is 16.2 Å². The number of aliphatic hydroxyl groups excluding tert-OH is 1. The Bertz CT molecular complexity index is 939. The molecule has 0 aliphatic heterocycles. The van der Waals surface area contributed by atoms with Gasteiger partial charge in [-0.25, -0.2) is 4.39 Å². The molecule has 0 bridgehead atoms. The number of hydrogen-bond donors (Lipinski definition) is 4. The van der Waals surface area contributed by atoms with Gasteiger partial charge in [-0.15, -0.1) is 0 Å². The minimum absolute atomic E-state index is 0.199. The van der Waals surface area contributed by atoms with E-state index in [1.165, 1.54) is 24.4 Å². The molecule has 4 N–H and O–H groups in total. The van der Waals surface area contributed by atoms with Crippen molar-refractivity contribution in [3.05, 3.63) is 69.4 Å². The summed E-state index contributed by atoms with van der Waals surface area (Å²) >= 11 is 0. The van der Waals surface area contributed by atoms with Gasteiger partial charge in [-0.1, -0.05) is 12.1 Å². The summed E-state index contributed by atoms with van der Waals surface area (Å²) in [6, 6.07) is 7.02. The predicted octanol–water partition coefficient (Wildman–Crippen LogP) is 1.40. The molecular weight excluding hydrogens is 377 g/mol. The molecular formula is C21H24FN3O4. The molecule has 7 nitrogen and oxygen atoms in total. The summed E-state index contributed by atoms with van der Waals surface area (Å²) in [5, 5.41) is 15.9. The number of carbonyl (C=O) groups is 2. The molecule has 8 heteroatoms. The Balaban J connectivity index is 1.50. The van der Waals surface area contributed by atoms with E-state index in [2.05, 4.69) is 15.6 Å². The van der Waals surface area contributed by atoms with Crippen LogP contribution in [0, 0.1) is 18.7 Å². The number of amides is 2. The lowest BCUT2D eigenvalue weighted by Gasteiger charge is -2.33. The maximum atomic E-state index is 13.6. The molecule has 0 saturated heterocycles. The van der Waals surface area contributed by atoms with E-state index in [1.807, 2.05) is 0 Å². The van der Waals surface area contributed by atoms with Crippen molar-refractivity contribution in [2.75, 3.05) is 0 Å². The quantitative estimate of drug-likeness (QED) is 0.607. The van der Waals surface area contributed by atoms with E-state index >= 15 is 0 Å². The molecule has 0 radical (unpaired) electrons. The third-order valence-corrected chi connectivity index (χ3v) is 5.25. The van der Waals surface area contributed by atoms with Crippen molar-refractivity contribution < 1.29 is 19.1 Å². The molecule has 1 fully saturated rings. The third-order valence-electron chi connectivity index (χ3n) is 5.25. The first-order valence-electron chi connectivity index (χ1n) is 9.54. The number of pyridine rings is 1. The highest BCUT2D eigenvalue weighted by Crippen LogP contribution is 2.25. The normalized spacial score (nSPS) is 21.4. The van der Waals surface area contributed by atoms with Crippen LogP contribution in [0.4, 0.5) is 4.39 Å². The van der Waals surface area contributed by atoms with Crippen LogP contribution in [0.25, 0.3) is 0 Å². The van der Waals surface area contributed by atoms with Gasteiger partial charge in [0.1, 0.15) is 5.82 Å². The van der Waals surface area contributed by atoms with Crippen molar-refractivity contribution in [3.63, 3.8) is 0 Å². The molecule has 1 aromatic carbocycles. The second-order valence-electron chi connectivity index (χ2n) is 7.40. The number of aromatic nitrogens is 1. The summed E-state index contributed by atoms with van der Waals surface area (Å²) < 4.78 is 13.6. The number of aromatic amines is 1. The molecule has 0 unspecified atom stereocenters. The first-order valence-corrected chi connectivity index (χ1v) is 9.54. The summed E-state index contributed by atoms with van der Waals surface area (Å²) in [5.74, 6) is -1.28. The Morgan fingerprint density at radius 2 is 2.03 bits per heavy atom. The van der Waals surface area contributed by atoms with Crippen LogP contribution in [0.5, 0.6) is 0 Å². The van der Waals surface area contributed by atoms with E-state index in [4.69, 9.17) is 0 Å². The summed E-state index contributed by atoms with van der Waals surface area (Å²) in [4.78, 5) is 38.2. The lowest BCUT2D eigenvalue weighted by Crippen LogP contribution is -2.49. The standard InChI is InChI=1S/C21H24FN3O4/c1-12-2-3-13(8-16(12)22)10-24-20(28)14-4-6-17(18(26)9-14)25-21(29)15-5-7-19(27)23-11-15/h2-3,5,7-8,11,14,17-18,26H,4,6,9-10H2,1H3,(H,23,27)(H,24,28)(H,25,29)/t14-,17+,18+/m0/s1. The number of nitrogens with one attached hydrogen (secondary N) is 3. The van der Waals surface area contributed by atoms with Gasteiger partial charge >= 0.3 is 0 Å². The molecule has 3 atom stereocenters. The molecule has 3 rings (SSSR count). The Morgan fingerprint density at radius 3 is 2.69 bits per heavy atom. The summed E-state index contributed by atoms with van der Waals surface area (Å²) in [7, 11) is 0. The monoisotopic (exact) mass is 401 g/mol. The maximum Gasteiger partial charge on any atom is 0.253 e. The van der Waals surface area contributed by atoms with Gasteiger partial charge in [0.05, 0.1) is 17.7 Å². The highest BCUT2D eigenvalue weighted by Gasteiger charge is 2.33. The molecule has 1 heterocycles. The molecule has 1 aromatic heterocycles. The van der Waals surface area contributed by atoms with Crippen LogP contribution in [-0.2, 0) is 11.3 Å². The van der Waals surface area contributed by atoms with Crippen molar-refractivity contribution in [2.45, 2.75) is 44.9 Å². The van der Waals surface area contributed by atoms with Crippen LogP contribution in [0.2, 0.25) is 0 Å². The lowest BCUT2D eigenvalue weighted by atomic mass is 9.83. The molecule has 2 aromatic rings. The van der Waals surface area contributed by atoms with Gasteiger partial charge in [0.2, 0.25) is 11.5 Å².